The number of hydrogen-bond acceptors (Lipinski definition) is 3. The van der Waals surface area contributed by atoms with Gasteiger partial charge in [0.05, 0.1) is 12.2 Å². The lowest BCUT2D eigenvalue weighted by atomic mass is 9.71. The highest BCUT2D eigenvalue weighted by molar-refractivity contribution is 5.95. The average Bonchev–Trinajstić information content (AvgIpc) is 2.54. The average molecular weight is 357 g/mol. The maximum atomic E-state index is 13.4. The van der Waals surface area contributed by atoms with Crippen LogP contribution in [0.4, 0.5) is 10.1 Å². The van der Waals surface area contributed by atoms with E-state index in [1.807, 2.05) is 6.92 Å². The first kappa shape index (κ1) is 19.0. The smallest absolute Gasteiger partial charge is 0.227 e. The maximum absolute atomic E-state index is 13.4. The Morgan fingerprint density at radius 2 is 2.08 bits per heavy atom. The van der Waals surface area contributed by atoms with Crippen molar-refractivity contribution in [3.63, 3.8) is 0 Å². The van der Waals surface area contributed by atoms with Gasteiger partial charge in [0.15, 0.2) is 0 Å². The summed E-state index contributed by atoms with van der Waals surface area (Å²) < 4.78 is 19.1. The van der Waals surface area contributed by atoms with Gasteiger partial charge in [0.2, 0.25) is 5.91 Å². The Bertz CT molecular complexity index is 590. The van der Waals surface area contributed by atoms with Crippen LogP contribution in [0.15, 0.2) is 18.2 Å². The number of carbonyl (C=O) groups is 1. The van der Waals surface area contributed by atoms with Gasteiger partial charge in [-0.25, -0.2) is 4.39 Å². The number of nitrogens with zero attached hydrogens (tertiary/aromatic N) is 1. The number of ether oxygens (including phenoxy) is 1. The van der Waals surface area contributed by atoms with Crippen molar-refractivity contribution in [3.05, 3.63) is 24.0 Å². The summed E-state index contributed by atoms with van der Waals surface area (Å²) in [5.74, 6) is 0.166. The molecule has 6 heteroatoms. The number of benzene rings is 1. The molecule has 2 aliphatic rings. The third-order valence-corrected chi connectivity index (χ3v) is 5.15. The first-order valence-corrected chi connectivity index (χ1v) is 8.50. The van der Waals surface area contributed by atoms with Gasteiger partial charge in [0.1, 0.15) is 17.7 Å². The van der Waals surface area contributed by atoms with Crippen LogP contribution in [0.5, 0.6) is 5.75 Å². The second-order valence-electron chi connectivity index (χ2n) is 6.99. The Morgan fingerprint density at radius 1 is 1.38 bits per heavy atom. The van der Waals surface area contributed by atoms with Crippen molar-refractivity contribution in [1.82, 2.24) is 0 Å². The highest BCUT2D eigenvalue weighted by Gasteiger charge is 2.36. The fourth-order valence-electron chi connectivity index (χ4n) is 3.82. The Morgan fingerprint density at radius 3 is 2.75 bits per heavy atom. The number of fused-ring (bicyclic) bond motifs is 1. The van der Waals surface area contributed by atoms with Crippen LogP contribution in [-0.2, 0) is 4.79 Å². The molecule has 1 unspecified atom stereocenters. The molecular weight excluding hydrogens is 331 g/mol. The predicted octanol–water partition coefficient (Wildman–Crippen LogP) is 3.66. The van der Waals surface area contributed by atoms with Crippen LogP contribution in [0.3, 0.4) is 0 Å². The molecule has 0 aromatic heterocycles. The number of carbonyl (C=O) groups excluding carboxylic acids is 1. The van der Waals surface area contributed by atoms with Crippen molar-refractivity contribution < 1.29 is 13.9 Å². The molecule has 1 amide bonds. The molecule has 1 aliphatic carbocycles. The summed E-state index contributed by atoms with van der Waals surface area (Å²) in [5.41, 5.74) is 6.60. The van der Waals surface area contributed by atoms with E-state index in [2.05, 4.69) is 0 Å². The molecule has 1 atom stereocenters. The molecule has 1 saturated carbocycles. The third kappa shape index (κ3) is 3.83. The van der Waals surface area contributed by atoms with Crippen molar-refractivity contribution in [2.75, 3.05) is 18.0 Å². The van der Waals surface area contributed by atoms with Gasteiger partial charge < -0.3 is 15.4 Å². The van der Waals surface area contributed by atoms with Gasteiger partial charge in [-0.3, -0.25) is 4.79 Å². The monoisotopic (exact) mass is 356 g/mol. The van der Waals surface area contributed by atoms with Gasteiger partial charge >= 0.3 is 0 Å². The van der Waals surface area contributed by atoms with Crippen molar-refractivity contribution in [3.8, 4) is 5.75 Å². The van der Waals surface area contributed by atoms with Crippen LogP contribution in [0.1, 0.15) is 45.4 Å². The van der Waals surface area contributed by atoms with Crippen LogP contribution in [0.2, 0.25) is 0 Å². The molecule has 1 fully saturated rings. The van der Waals surface area contributed by atoms with Crippen molar-refractivity contribution >= 4 is 24.0 Å². The van der Waals surface area contributed by atoms with Gasteiger partial charge in [0.25, 0.3) is 0 Å². The molecule has 2 N–H and O–H groups in total. The lowest BCUT2D eigenvalue weighted by Gasteiger charge is -2.39. The minimum atomic E-state index is -0.351. The SMILES string of the molecule is CC1CN(C(=O)CC2(CN)CCCCC2)c2ccc(F)cc2O1.Cl. The van der Waals surface area contributed by atoms with E-state index in [0.717, 1.165) is 25.7 Å². The summed E-state index contributed by atoms with van der Waals surface area (Å²) in [6.45, 7) is 2.94. The first-order chi connectivity index (χ1) is 11.0. The van der Waals surface area contributed by atoms with Crippen molar-refractivity contribution in [2.24, 2.45) is 11.1 Å². The highest BCUT2D eigenvalue weighted by atomic mass is 35.5. The predicted molar refractivity (Wildman–Crippen MR) is 95.3 cm³/mol. The van der Waals surface area contributed by atoms with Gasteiger partial charge in [-0.15, -0.1) is 12.4 Å². The Kier molecular flexibility index (Phi) is 6.10. The zero-order valence-corrected chi connectivity index (χ0v) is 14.9. The summed E-state index contributed by atoms with van der Waals surface area (Å²) in [5, 5.41) is 0. The number of anilines is 1. The number of hydrogen-bond donors (Lipinski definition) is 1. The van der Waals surface area contributed by atoms with Crippen LogP contribution in [0.25, 0.3) is 0 Å². The second kappa shape index (κ2) is 7.70. The molecule has 1 heterocycles. The normalized spacial score (nSPS) is 22.1. The summed E-state index contributed by atoms with van der Waals surface area (Å²) in [7, 11) is 0. The van der Waals surface area contributed by atoms with E-state index in [9.17, 15) is 9.18 Å². The largest absolute Gasteiger partial charge is 0.487 e. The Hall–Kier alpha value is -1.33. The van der Waals surface area contributed by atoms with Crippen LogP contribution in [-0.4, -0.2) is 25.1 Å². The molecule has 4 nitrogen and oxygen atoms in total. The van der Waals surface area contributed by atoms with Gasteiger partial charge in [-0.05, 0) is 43.9 Å². The second-order valence-corrected chi connectivity index (χ2v) is 6.99. The molecule has 1 aromatic rings. The van der Waals surface area contributed by atoms with Crippen LogP contribution in [0, 0.1) is 11.2 Å². The van der Waals surface area contributed by atoms with Crippen molar-refractivity contribution in [1.29, 1.82) is 0 Å². The molecule has 24 heavy (non-hydrogen) atoms. The lowest BCUT2D eigenvalue weighted by molar-refractivity contribution is -0.121. The third-order valence-electron chi connectivity index (χ3n) is 5.15. The van der Waals surface area contributed by atoms with Gasteiger partial charge in [-0.1, -0.05) is 19.3 Å². The molecule has 3 rings (SSSR count). The lowest BCUT2D eigenvalue weighted by Crippen LogP contribution is -2.46. The molecule has 0 bridgehead atoms. The zero-order valence-electron chi connectivity index (χ0n) is 14.1. The highest BCUT2D eigenvalue weighted by Crippen LogP contribution is 2.41. The van der Waals surface area contributed by atoms with E-state index in [0.29, 0.717) is 30.9 Å². The molecule has 1 aromatic carbocycles. The molecular formula is C18H26ClFN2O2. The number of halogens is 2. The fraction of sp³-hybridized carbons (Fsp3) is 0.611. The van der Waals surface area contributed by atoms with E-state index in [1.165, 1.54) is 18.6 Å². The van der Waals surface area contributed by atoms with E-state index < -0.39 is 0 Å². The summed E-state index contributed by atoms with van der Waals surface area (Å²) >= 11 is 0. The van der Waals surface area contributed by atoms with E-state index in [-0.39, 0.29) is 35.7 Å². The number of nitrogens with two attached hydrogens (primary N) is 1. The maximum Gasteiger partial charge on any atom is 0.227 e. The summed E-state index contributed by atoms with van der Waals surface area (Å²) in [4.78, 5) is 14.7. The topological polar surface area (TPSA) is 55.6 Å². The van der Waals surface area contributed by atoms with Crippen LogP contribution < -0.4 is 15.4 Å². The number of rotatable bonds is 3. The molecule has 0 radical (unpaired) electrons. The fourth-order valence-corrected chi connectivity index (χ4v) is 3.82. The molecule has 0 saturated heterocycles. The van der Waals surface area contributed by atoms with E-state index in [1.54, 1.807) is 11.0 Å². The van der Waals surface area contributed by atoms with Gasteiger partial charge in [0, 0.05) is 12.5 Å². The first-order valence-electron chi connectivity index (χ1n) is 8.50. The quantitative estimate of drug-likeness (QED) is 0.899. The Balaban J connectivity index is 0.00000208. The summed E-state index contributed by atoms with van der Waals surface area (Å²) in [6, 6.07) is 4.35. The van der Waals surface area contributed by atoms with Crippen molar-refractivity contribution in [2.45, 2.75) is 51.6 Å². The molecule has 1 aliphatic heterocycles. The van der Waals surface area contributed by atoms with E-state index >= 15 is 0 Å². The van der Waals surface area contributed by atoms with Gasteiger partial charge in [-0.2, -0.15) is 0 Å². The minimum Gasteiger partial charge on any atom is -0.487 e. The van der Waals surface area contributed by atoms with Crippen LogP contribution >= 0.6 is 12.4 Å². The Labute approximate surface area is 148 Å². The zero-order chi connectivity index (χ0) is 16.4. The minimum absolute atomic E-state index is 0. The molecule has 134 valence electrons. The summed E-state index contributed by atoms with van der Waals surface area (Å²) in [6.07, 6.45) is 5.88. The number of amides is 1. The standard InChI is InChI=1S/C18H25FN2O2.ClH/c1-13-11-21(15-6-5-14(19)9-16(15)23-13)17(22)10-18(12-20)7-3-2-4-8-18;/h5-6,9,13H,2-4,7-8,10-12,20H2,1H3;1H. The van der Waals surface area contributed by atoms with E-state index in [4.69, 9.17) is 10.5 Å². The molecule has 0 spiro atoms.